The second-order valence-corrected chi connectivity index (χ2v) is 11.8. The highest BCUT2D eigenvalue weighted by Gasteiger charge is 2.49. The number of nitrogens with one attached hydrogen (secondary N) is 3. The molecule has 0 unspecified atom stereocenters. The number of fused-ring (bicyclic) bond motifs is 1. The average molecular weight is 604 g/mol. The number of hydrazine groups is 1. The van der Waals surface area contributed by atoms with Crippen molar-refractivity contribution in [3.8, 4) is 6.07 Å². The van der Waals surface area contributed by atoms with Gasteiger partial charge in [-0.1, -0.05) is 53.5 Å². The quantitative estimate of drug-likeness (QED) is 0.119. The number of hydrogen-bond acceptors (Lipinski definition) is 8. The first-order valence-electron chi connectivity index (χ1n) is 13.5. The molecule has 1 saturated carbocycles. The van der Waals surface area contributed by atoms with E-state index in [9.17, 15) is 9.65 Å². The van der Waals surface area contributed by atoms with Crippen LogP contribution in [0.25, 0.3) is 10.9 Å². The summed E-state index contributed by atoms with van der Waals surface area (Å²) in [5.41, 5.74) is 11.0. The van der Waals surface area contributed by atoms with E-state index in [0.717, 1.165) is 31.5 Å². The van der Waals surface area contributed by atoms with Crippen LogP contribution in [0.5, 0.6) is 0 Å². The molecule has 2 fully saturated rings. The Kier molecular flexibility index (Phi) is 7.56. The molecule has 1 aliphatic heterocycles. The highest BCUT2D eigenvalue weighted by atomic mass is 35.5. The maximum absolute atomic E-state index is 13.8. The zero-order valence-electron chi connectivity index (χ0n) is 22.5. The van der Waals surface area contributed by atoms with Gasteiger partial charge in [-0.15, -0.1) is 0 Å². The third kappa shape index (κ3) is 5.42. The van der Waals surface area contributed by atoms with Crippen LogP contribution in [0.15, 0.2) is 78.8 Å². The number of hydrogen-bond donors (Lipinski definition) is 5. The van der Waals surface area contributed by atoms with Crippen LogP contribution in [0.2, 0.25) is 10.0 Å². The molecule has 1 aliphatic carbocycles. The SMILES string of the molecule is N#Cc1cnc2c(Cl)cc(N[C@H](/C(N)=C/N(N)C3CC4(CNC4)C3)c3ccccc3)cc2c1Nc1ccc(F)c(Cl)c1. The van der Waals surface area contributed by atoms with Gasteiger partial charge in [0, 0.05) is 48.3 Å². The van der Waals surface area contributed by atoms with E-state index in [0.29, 0.717) is 44.1 Å². The molecule has 214 valence electrons. The van der Waals surface area contributed by atoms with Crippen molar-refractivity contribution in [1.82, 2.24) is 15.3 Å². The zero-order valence-corrected chi connectivity index (χ0v) is 24.1. The van der Waals surface area contributed by atoms with Crippen molar-refractivity contribution < 1.29 is 4.39 Å². The van der Waals surface area contributed by atoms with Gasteiger partial charge in [-0.2, -0.15) is 5.26 Å². The number of aromatic nitrogens is 1. The Hall–Kier alpha value is -4.07. The minimum absolute atomic E-state index is 0.0411. The normalized spacial score (nSPS) is 16.8. The Labute approximate surface area is 253 Å². The van der Waals surface area contributed by atoms with Gasteiger partial charge >= 0.3 is 0 Å². The molecule has 4 aromatic rings. The number of benzene rings is 3. The maximum atomic E-state index is 13.8. The molecule has 0 radical (unpaired) electrons. The first kappa shape index (κ1) is 28.1. The molecule has 1 atom stereocenters. The Morgan fingerprint density at radius 3 is 2.52 bits per heavy atom. The van der Waals surface area contributed by atoms with Gasteiger partial charge in [0.2, 0.25) is 0 Å². The Bertz CT molecular complexity index is 1710. The van der Waals surface area contributed by atoms with Gasteiger partial charge in [0.25, 0.3) is 0 Å². The first-order chi connectivity index (χ1) is 20.2. The van der Waals surface area contributed by atoms with E-state index in [1.54, 1.807) is 23.3 Å². The number of rotatable bonds is 8. The second-order valence-electron chi connectivity index (χ2n) is 11.0. The molecule has 0 amide bonds. The van der Waals surface area contributed by atoms with Crippen molar-refractivity contribution >= 4 is 51.2 Å². The van der Waals surface area contributed by atoms with Gasteiger partial charge in [-0.3, -0.25) is 4.98 Å². The molecular formula is C31H29Cl2FN8. The lowest BCUT2D eigenvalue weighted by Gasteiger charge is -2.56. The molecule has 3 aromatic carbocycles. The largest absolute Gasteiger partial charge is 0.399 e. The standard InChI is InChI=1S/C31H29Cl2FN8/c32-24-9-20(6-7-26(24)34)40-28-19(13-35)14-39-30-23(28)8-21(10-25(30)33)41-29(18-4-2-1-3-5-18)27(36)15-42(37)22-11-31(12-22)16-38-17-31/h1-10,14-15,22,29,38,41H,11-12,16-17,36-37H2,(H,39,40)/b27-15-/t29-/m0/s1. The van der Waals surface area contributed by atoms with Crippen molar-refractivity contribution in [3.05, 3.63) is 106 Å². The Balaban J connectivity index is 1.35. The van der Waals surface area contributed by atoms with Crippen molar-refractivity contribution in [2.24, 2.45) is 17.0 Å². The lowest BCUT2D eigenvalue weighted by molar-refractivity contribution is -0.0194. The van der Waals surface area contributed by atoms with Crippen LogP contribution in [0.1, 0.15) is 30.0 Å². The Morgan fingerprint density at radius 1 is 1.12 bits per heavy atom. The van der Waals surface area contributed by atoms with E-state index < -0.39 is 11.9 Å². The van der Waals surface area contributed by atoms with Crippen molar-refractivity contribution in [2.75, 3.05) is 23.7 Å². The molecule has 8 nitrogen and oxygen atoms in total. The lowest BCUT2D eigenvalue weighted by atomic mass is 9.61. The average Bonchev–Trinajstić information content (AvgIpc) is 2.93. The van der Waals surface area contributed by atoms with E-state index in [-0.39, 0.29) is 16.6 Å². The fourth-order valence-electron chi connectivity index (χ4n) is 5.72. The zero-order chi connectivity index (χ0) is 29.4. The van der Waals surface area contributed by atoms with E-state index in [1.807, 2.05) is 36.4 Å². The number of nitrogens with two attached hydrogens (primary N) is 2. The topological polar surface area (TPSA) is 128 Å². The van der Waals surface area contributed by atoms with Gasteiger partial charge in [0.15, 0.2) is 0 Å². The van der Waals surface area contributed by atoms with E-state index in [2.05, 4.69) is 27.0 Å². The van der Waals surface area contributed by atoms with Crippen LogP contribution in [0, 0.1) is 22.6 Å². The number of halogens is 3. The third-order valence-electron chi connectivity index (χ3n) is 8.07. The molecule has 1 aromatic heterocycles. The van der Waals surface area contributed by atoms with Crippen molar-refractivity contribution in [2.45, 2.75) is 24.9 Å². The minimum atomic E-state index is -0.539. The number of anilines is 3. The molecule has 2 heterocycles. The molecule has 1 saturated heterocycles. The number of nitrogens with zero attached hydrogens (tertiary/aromatic N) is 3. The van der Waals surface area contributed by atoms with E-state index >= 15 is 0 Å². The van der Waals surface area contributed by atoms with Crippen LogP contribution in [0.3, 0.4) is 0 Å². The predicted molar refractivity (Wildman–Crippen MR) is 166 cm³/mol. The summed E-state index contributed by atoms with van der Waals surface area (Å²) in [6.07, 6.45) is 5.32. The van der Waals surface area contributed by atoms with Crippen molar-refractivity contribution in [3.63, 3.8) is 0 Å². The molecule has 42 heavy (non-hydrogen) atoms. The predicted octanol–water partition coefficient (Wildman–Crippen LogP) is 6.18. The van der Waals surface area contributed by atoms with Gasteiger partial charge in [0.05, 0.1) is 38.6 Å². The van der Waals surface area contributed by atoms with Crippen LogP contribution in [-0.2, 0) is 0 Å². The summed E-state index contributed by atoms with van der Waals surface area (Å²) in [6, 6.07) is 19.7. The molecule has 6 rings (SSSR count). The minimum Gasteiger partial charge on any atom is -0.399 e. The number of pyridine rings is 1. The summed E-state index contributed by atoms with van der Waals surface area (Å²) in [4.78, 5) is 4.43. The molecular weight excluding hydrogens is 574 g/mol. The summed E-state index contributed by atoms with van der Waals surface area (Å²) in [5, 5.41) is 22.6. The summed E-state index contributed by atoms with van der Waals surface area (Å²) in [5.74, 6) is 5.92. The maximum Gasteiger partial charge on any atom is 0.141 e. The molecule has 11 heteroatoms. The third-order valence-corrected chi connectivity index (χ3v) is 8.65. The first-order valence-corrected chi connectivity index (χ1v) is 14.3. The molecule has 2 aliphatic rings. The Morgan fingerprint density at radius 2 is 1.86 bits per heavy atom. The van der Waals surface area contributed by atoms with Gasteiger partial charge in [-0.05, 0) is 54.2 Å². The lowest BCUT2D eigenvalue weighted by Crippen LogP contribution is -2.65. The molecule has 0 bridgehead atoms. The van der Waals surface area contributed by atoms with Gasteiger partial charge < -0.3 is 26.7 Å². The summed E-state index contributed by atoms with van der Waals surface area (Å²) < 4.78 is 13.8. The van der Waals surface area contributed by atoms with Crippen LogP contribution in [0.4, 0.5) is 21.5 Å². The van der Waals surface area contributed by atoms with Crippen LogP contribution >= 0.6 is 23.2 Å². The van der Waals surface area contributed by atoms with E-state index in [4.69, 9.17) is 34.8 Å². The fourth-order valence-corrected chi connectivity index (χ4v) is 6.17. The second kappa shape index (κ2) is 11.3. The van der Waals surface area contributed by atoms with Crippen molar-refractivity contribution in [1.29, 1.82) is 5.26 Å². The fraction of sp³-hybridized carbons (Fsp3) is 0.226. The van der Waals surface area contributed by atoms with Gasteiger partial charge in [-0.25, -0.2) is 10.2 Å². The molecule has 7 N–H and O–H groups in total. The smallest absolute Gasteiger partial charge is 0.141 e. The van der Waals surface area contributed by atoms with Gasteiger partial charge in [0.1, 0.15) is 11.9 Å². The van der Waals surface area contributed by atoms with E-state index in [1.165, 1.54) is 18.3 Å². The monoisotopic (exact) mass is 602 g/mol. The van der Waals surface area contributed by atoms with Crippen LogP contribution < -0.4 is 27.5 Å². The van der Waals surface area contributed by atoms with Crippen LogP contribution in [-0.4, -0.2) is 29.1 Å². The highest BCUT2D eigenvalue weighted by molar-refractivity contribution is 6.36. The number of nitriles is 1. The summed E-state index contributed by atoms with van der Waals surface area (Å²) >= 11 is 12.7. The summed E-state index contributed by atoms with van der Waals surface area (Å²) in [6.45, 7) is 2.09. The highest BCUT2D eigenvalue weighted by Crippen LogP contribution is 2.46. The molecule has 1 spiro atoms. The summed E-state index contributed by atoms with van der Waals surface area (Å²) in [7, 11) is 0.